The predicted octanol–water partition coefficient (Wildman–Crippen LogP) is 9.98. The fourth-order valence-electron chi connectivity index (χ4n) is 8.16. The molecule has 8 aromatic rings. The van der Waals surface area contributed by atoms with Gasteiger partial charge in [-0.2, -0.15) is 4.57 Å². The number of rotatable bonds is 10. The molecule has 0 unspecified atom stereocenters. The Bertz CT molecular complexity index is 3370. The van der Waals surface area contributed by atoms with Crippen LogP contribution in [0.3, 0.4) is 0 Å². The van der Waals surface area contributed by atoms with Crippen molar-refractivity contribution in [1.29, 1.82) is 0 Å². The Morgan fingerprint density at radius 1 is 0.434 bits per heavy atom. The average Bonchev–Trinajstić information content (AvgIpc) is 3.45. The number of Topliss-reactive ketones (excluding diaryl/α,β-unsaturated/α-hetero) is 1. The number of hydrogen-bond acceptors (Lipinski definition) is 5. The lowest BCUT2D eigenvalue weighted by Gasteiger charge is -2.44. The second-order valence-corrected chi connectivity index (χ2v) is 15.6. The first-order valence-corrected chi connectivity index (χ1v) is 20.4. The Balaban J connectivity index is 0.000000236. The van der Waals surface area contributed by atoms with E-state index in [4.69, 9.17) is 4.74 Å². The molecule has 0 radical (unpaired) electrons. The molecule has 0 fully saturated rings. The highest BCUT2D eigenvalue weighted by Crippen LogP contribution is 2.31. The van der Waals surface area contributed by atoms with Gasteiger partial charge in [-0.3, -0.25) is 14.9 Å². The number of non-ortho nitro benzene ring substituents is 1. The lowest BCUT2D eigenvalue weighted by atomic mass is 9.12. The first kappa shape index (κ1) is 54.9. The third kappa shape index (κ3) is 8.94. The van der Waals surface area contributed by atoms with E-state index in [1.165, 1.54) is 24.3 Å². The van der Waals surface area contributed by atoms with Gasteiger partial charge < -0.3 is 4.74 Å². The van der Waals surface area contributed by atoms with Gasteiger partial charge in [-0.05, 0) is 18.2 Å². The van der Waals surface area contributed by atoms with Crippen molar-refractivity contribution in [1.82, 2.24) is 0 Å². The molecule has 0 aliphatic carbocycles. The number of aromatic nitrogens is 1. The standard InChI is InChI=1S/C24BF20.C24H17N2O5/c26-5-1(6(27)14(35)21(42)13(5)34)25(2-7(28)15(36)22(43)16(37)8(2)29,3-9(30)17(38)23(44)18(39)10(3)31)4-11(32)19(40)24(45)20(41)12(4)33;27-23(18-8-2-1-3-9-18)16-25-21-12-5-4-7-17(21)13-14-22(25)24(28)31-20-11-6-10-19(15-20)26(29)30/h;1-15H,16H2/q-1;+1. The summed E-state index contributed by atoms with van der Waals surface area (Å²) in [6.07, 6.45) is -7.22. The zero-order chi connectivity index (χ0) is 56.2. The van der Waals surface area contributed by atoms with Crippen LogP contribution in [-0.2, 0) is 6.54 Å². The Morgan fingerprint density at radius 2 is 0.789 bits per heavy atom. The van der Waals surface area contributed by atoms with Crippen LogP contribution in [0.15, 0.2) is 91.0 Å². The Labute approximate surface area is 408 Å². The molecule has 8 rings (SSSR count). The maximum absolute atomic E-state index is 15.4. The number of nitrogens with zero attached hydrogens (tertiary/aromatic N) is 2. The molecule has 7 nitrogen and oxygen atoms in total. The highest BCUT2D eigenvalue weighted by atomic mass is 19.2. The number of carbonyl (C=O) groups excluding carboxylic acids is 2. The number of esters is 1. The molecule has 28 heteroatoms. The van der Waals surface area contributed by atoms with E-state index in [0.29, 0.717) is 11.1 Å². The number of halogens is 20. The summed E-state index contributed by atoms with van der Waals surface area (Å²) in [4.78, 5) is 36.2. The van der Waals surface area contributed by atoms with E-state index in [1.54, 1.807) is 41.0 Å². The van der Waals surface area contributed by atoms with Gasteiger partial charge in [-0.15, -0.1) is 21.9 Å². The molecule has 1 heterocycles. The number of hydrogen-bond donors (Lipinski definition) is 0. The average molecular weight is 1090 g/mol. The number of ketones is 1. The molecule has 0 spiro atoms. The molecule has 0 bridgehead atoms. The fraction of sp³-hybridized carbons (Fsp3) is 0.0208. The van der Waals surface area contributed by atoms with Crippen molar-refractivity contribution in [2.24, 2.45) is 0 Å². The summed E-state index contributed by atoms with van der Waals surface area (Å²) in [7, 11) is 0. The maximum Gasteiger partial charge on any atom is 0.409 e. The van der Waals surface area contributed by atoms with Crippen molar-refractivity contribution in [3.8, 4) is 5.75 Å². The summed E-state index contributed by atoms with van der Waals surface area (Å²) in [6.45, 7) is -0.0647. The maximum atomic E-state index is 15.4. The van der Waals surface area contributed by atoms with Crippen molar-refractivity contribution in [2.75, 3.05) is 0 Å². The fourth-order valence-corrected chi connectivity index (χ4v) is 8.16. The summed E-state index contributed by atoms with van der Waals surface area (Å²) >= 11 is 0. The molecule has 0 saturated carbocycles. The molecule has 0 atom stereocenters. The second-order valence-electron chi connectivity index (χ2n) is 15.6. The SMILES string of the molecule is Fc1c(F)c(F)c([B-](c2c(F)c(F)c(F)c(F)c2F)(c2c(F)c(F)c(F)c(F)c2F)c2c(F)c(F)c(F)c(F)c2F)c(F)c1F.O=C(C[n+]1c(C(=O)Oc2cccc([N+](=O)[O-])c2)ccc2ccccc21)c1ccccc1. The lowest BCUT2D eigenvalue weighted by Crippen LogP contribution is -2.81. The van der Waals surface area contributed by atoms with Gasteiger partial charge in [0.25, 0.3) is 11.4 Å². The first-order chi connectivity index (χ1) is 35.7. The van der Waals surface area contributed by atoms with Gasteiger partial charge in [0.1, 0.15) is 58.4 Å². The highest BCUT2D eigenvalue weighted by Gasteiger charge is 2.52. The Hall–Kier alpha value is -8.85. The van der Waals surface area contributed by atoms with E-state index in [1.807, 2.05) is 30.3 Å². The molecule has 0 amide bonds. The predicted molar refractivity (Wildman–Crippen MR) is 222 cm³/mol. The zero-order valence-electron chi connectivity index (χ0n) is 36.4. The van der Waals surface area contributed by atoms with Crippen LogP contribution >= 0.6 is 0 Å². The molecular weight excluding hydrogens is 1080 g/mol. The molecule has 0 aliphatic rings. The van der Waals surface area contributed by atoms with Gasteiger partial charge in [-0.1, -0.05) is 48.5 Å². The first-order valence-electron chi connectivity index (χ1n) is 20.4. The summed E-state index contributed by atoms with van der Waals surface area (Å²) in [6, 6.07) is 24.9. The summed E-state index contributed by atoms with van der Waals surface area (Å²) in [5, 5.41) is 11.8. The highest BCUT2D eigenvalue weighted by molar-refractivity contribution is 7.20. The van der Waals surface area contributed by atoms with E-state index in [9.17, 15) is 72.4 Å². The third-order valence-corrected chi connectivity index (χ3v) is 11.5. The van der Waals surface area contributed by atoms with Crippen LogP contribution in [0.1, 0.15) is 20.8 Å². The minimum Gasteiger partial charge on any atom is -0.418 e. The quantitative estimate of drug-likeness (QED) is 0.0130. The Morgan fingerprint density at radius 3 is 1.17 bits per heavy atom. The van der Waals surface area contributed by atoms with E-state index in [2.05, 4.69) is 0 Å². The lowest BCUT2D eigenvalue weighted by molar-refractivity contribution is -0.659. The van der Waals surface area contributed by atoms with Crippen molar-refractivity contribution in [3.05, 3.63) is 229 Å². The molecule has 392 valence electrons. The van der Waals surface area contributed by atoms with Gasteiger partial charge in [0.2, 0.25) is 17.8 Å². The zero-order valence-corrected chi connectivity index (χ0v) is 36.4. The van der Waals surface area contributed by atoms with E-state index < -0.39 is 155 Å². The minimum absolute atomic E-state index is 0.0493. The monoisotopic (exact) mass is 1090 g/mol. The summed E-state index contributed by atoms with van der Waals surface area (Å²) in [5.41, 5.74) is -13.1. The van der Waals surface area contributed by atoms with Crippen LogP contribution in [0.25, 0.3) is 10.9 Å². The molecule has 0 saturated heterocycles. The van der Waals surface area contributed by atoms with Gasteiger partial charge in [0.05, 0.1) is 11.0 Å². The van der Waals surface area contributed by atoms with E-state index >= 15 is 35.1 Å². The number of ether oxygens (including phenoxy) is 1. The van der Waals surface area contributed by atoms with Crippen LogP contribution in [0.5, 0.6) is 5.75 Å². The molecule has 7 aromatic carbocycles. The van der Waals surface area contributed by atoms with Gasteiger partial charge >= 0.3 is 5.97 Å². The van der Waals surface area contributed by atoms with Crippen molar-refractivity contribution in [2.45, 2.75) is 6.54 Å². The number of carbonyl (C=O) groups is 2. The van der Waals surface area contributed by atoms with Crippen LogP contribution in [0.4, 0.5) is 93.5 Å². The molecule has 76 heavy (non-hydrogen) atoms. The molecule has 1 aromatic heterocycles. The normalized spacial score (nSPS) is 11.4. The van der Waals surface area contributed by atoms with E-state index in [0.717, 1.165) is 5.39 Å². The Kier molecular flexibility index (Phi) is 15.0. The molecule has 0 N–H and O–H groups in total. The summed E-state index contributed by atoms with van der Waals surface area (Å²) < 4.78 is 301. The van der Waals surface area contributed by atoms with Gasteiger partial charge in [-0.25, -0.2) is 92.6 Å². The topological polar surface area (TPSA) is 90.4 Å². The van der Waals surface area contributed by atoms with Crippen LogP contribution in [0.2, 0.25) is 0 Å². The third-order valence-electron chi connectivity index (χ3n) is 11.5. The smallest absolute Gasteiger partial charge is 0.409 e. The number of para-hydroxylation sites is 1. The number of benzene rings is 7. The van der Waals surface area contributed by atoms with Crippen LogP contribution < -0.4 is 31.2 Å². The van der Waals surface area contributed by atoms with Crippen molar-refractivity contribution >= 4 is 56.3 Å². The van der Waals surface area contributed by atoms with E-state index in [-0.39, 0.29) is 29.5 Å². The van der Waals surface area contributed by atoms with Crippen molar-refractivity contribution < 1.29 is 112 Å². The second kappa shape index (κ2) is 20.8. The number of pyridine rings is 1. The number of nitro groups is 1. The molecule has 0 aliphatic heterocycles. The summed E-state index contributed by atoms with van der Waals surface area (Å²) in [5.74, 6) is -72.2. The largest absolute Gasteiger partial charge is 0.418 e. The van der Waals surface area contributed by atoms with Crippen LogP contribution in [0, 0.1) is 126 Å². The van der Waals surface area contributed by atoms with Crippen LogP contribution in [-0.4, -0.2) is 22.8 Å². The molecular formula is C48H17BF20N2O5. The number of nitro benzene ring substituents is 1. The van der Waals surface area contributed by atoms with Crippen molar-refractivity contribution in [3.63, 3.8) is 0 Å². The van der Waals surface area contributed by atoms with Gasteiger partial charge in [0, 0.05) is 29.1 Å². The minimum atomic E-state index is -7.22. The number of fused-ring (bicyclic) bond motifs is 1. The van der Waals surface area contributed by atoms with Gasteiger partial charge in [0.15, 0.2) is 69.8 Å².